The van der Waals surface area contributed by atoms with Gasteiger partial charge in [-0.05, 0) is 79.9 Å². The first-order chi connectivity index (χ1) is 15.3. The van der Waals surface area contributed by atoms with Gasteiger partial charge in [0.05, 0.1) is 0 Å². The van der Waals surface area contributed by atoms with Crippen molar-refractivity contribution in [1.82, 2.24) is 0 Å². The van der Waals surface area contributed by atoms with E-state index in [-0.39, 0.29) is 5.92 Å². The third-order valence-corrected chi connectivity index (χ3v) is 7.51. The standard InChI is InChI=1S/C27H38F4O/c1-2-3-6-20-9-11-21(12-10-20)7-4-5-8-22-13-15-23(16-14-22)24-17-18-26(25(28)19-24)32-27(29,30)31/h5,8,17-23H,2-4,6-7,9-16H2,1H3/b8-5+. The van der Waals surface area contributed by atoms with E-state index >= 15 is 0 Å². The molecule has 3 rings (SSSR count). The lowest BCUT2D eigenvalue weighted by Gasteiger charge is -2.28. The van der Waals surface area contributed by atoms with Crippen LogP contribution in [0.5, 0.6) is 5.75 Å². The normalized spacial score (nSPS) is 27.0. The molecular weight excluding hydrogens is 416 g/mol. The number of benzene rings is 1. The van der Waals surface area contributed by atoms with Gasteiger partial charge in [-0.1, -0.05) is 70.1 Å². The molecule has 0 unspecified atom stereocenters. The molecule has 180 valence electrons. The number of hydrogen-bond acceptors (Lipinski definition) is 1. The molecule has 0 radical (unpaired) electrons. The Morgan fingerprint density at radius 1 is 0.938 bits per heavy atom. The van der Waals surface area contributed by atoms with Crippen LogP contribution in [0.3, 0.4) is 0 Å². The van der Waals surface area contributed by atoms with E-state index in [1.807, 2.05) is 0 Å². The van der Waals surface area contributed by atoms with Gasteiger partial charge < -0.3 is 4.74 Å². The Bertz CT molecular complexity index is 711. The second-order valence-corrected chi connectivity index (χ2v) is 9.88. The zero-order valence-corrected chi connectivity index (χ0v) is 19.3. The van der Waals surface area contributed by atoms with E-state index in [1.165, 1.54) is 57.4 Å². The van der Waals surface area contributed by atoms with Crippen LogP contribution in [0.4, 0.5) is 17.6 Å². The van der Waals surface area contributed by atoms with Gasteiger partial charge in [-0.25, -0.2) is 4.39 Å². The largest absolute Gasteiger partial charge is 0.573 e. The van der Waals surface area contributed by atoms with Gasteiger partial charge in [-0.2, -0.15) is 0 Å². The summed E-state index contributed by atoms with van der Waals surface area (Å²) in [6.45, 7) is 2.28. The Morgan fingerprint density at radius 3 is 2.19 bits per heavy atom. The number of alkyl halides is 3. The van der Waals surface area contributed by atoms with E-state index in [0.29, 0.717) is 5.92 Å². The van der Waals surface area contributed by atoms with E-state index in [4.69, 9.17) is 0 Å². The van der Waals surface area contributed by atoms with Crippen molar-refractivity contribution in [3.63, 3.8) is 0 Å². The number of halogens is 4. The van der Waals surface area contributed by atoms with Crippen LogP contribution in [-0.2, 0) is 0 Å². The summed E-state index contributed by atoms with van der Waals surface area (Å²) in [7, 11) is 0. The van der Waals surface area contributed by atoms with Gasteiger partial charge >= 0.3 is 6.36 Å². The Hall–Kier alpha value is -1.52. The van der Waals surface area contributed by atoms with Crippen LogP contribution in [0.1, 0.15) is 102 Å². The predicted octanol–water partition coefficient (Wildman–Crippen LogP) is 9.33. The molecule has 0 amide bonds. The molecule has 1 aromatic rings. The fourth-order valence-corrected chi connectivity index (χ4v) is 5.55. The van der Waals surface area contributed by atoms with E-state index < -0.39 is 17.9 Å². The van der Waals surface area contributed by atoms with Crippen molar-refractivity contribution in [3.05, 3.63) is 41.7 Å². The first-order valence-electron chi connectivity index (χ1n) is 12.6. The Balaban J connectivity index is 1.35. The zero-order valence-electron chi connectivity index (χ0n) is 19.3. The lowest BCUT2D eigenvalue weighted by molar-refractivity contribution is -0.275. The number of rotatable bonds is 9. The minimum Gasteiger partial charge on any atom is -0.403 e. The van der Waals surface area contributed by atoms with Crippen molar-refractivity contribution in [2.45, 2.75) is 103 Å². The maximum atomic E-state index is 14.0. The quantitative estimate of drug-likeness (QED) is 0.267. The Labute approximate surface area is 190 Å². The summed E-state index contributed by atoms with van der Waals surface area (Å²) >= 11 is 0. The summed E-state index contributed by atoms with van der Waals surface area (Å²) in [6, 6.07) is 3.88. The summed E-state index contributed by atoms with van der Waals surface area (Å²) in [5.74, 6) is 0.936. The molecule has 0 saturated heterocycles. The summed E-state index contributed by atoms with van der Waals surface area (Å²) < 4.78 is 54.7. The lowest BCUT2D eigenvalue weighted by Crippen LogP contribution is -2.18. The molecule has 2 saturated carbocycles. The number of unbranched alkanes of at least 4 members (excludes halogenated alkanes) is 1. The second-order valence-electron chi connectivity index (χ2n) is 9.88. The smallest absolute Gasteiger partial charge is 0.403 e. The molecule has 1 nitrogen and oxygen atoms in total. The summed E-state index contributed by atoms with van der Waals surface area (Å²) in [4.78, 5) is 0. The predicted molar refractivity (Wildman–Crippen MR) is 121 cm³/mol. The molecule has 5 heteroatoms. The highest BCUT2D eigenvalue weighted by atomic mass is 19.4. The monoisotopic (exact) mass is 454 g/mol. The highest BCUT2D eigenvalue weighted by molar-refractivity contribution is 5.31. The average Bonchev–Trinajstić information content (AvgIpc) is 2.77. The molecule has 0 aliphatic heterocycles. The molecule has 1 aromatic carbocycles. The van der Waals surface area contributed by atoms with Crippen LogP contribution in [0.25, 0.3) is 0 Å². The topological polar surface area (TPSA) is 9.23 Å². The van der Waals surface area contributed by atoms with Crippen LogP contribution < -0.4 is 4.74 Å². The first-order valence-corrected chi connectivity index (χ1v) is 12.6. The average molecular weight is 455 g/mol. The molecule has 0 atom stereocenters. The third kappa shape index (κ3) is 8.12. The van der Waals surface area contributed by atoms with Crippen LogP contribution in [0.15, 0.2) is 30.4 Å². The van der Waals surface area contributed by atoms with Crippen molar-refractivity contribution >= 4 is 0 Å². The van der Waals surface area contributed by atoms with Crippen molar-refractivity contribution in [3.8, 4) is 5.75 Å². The molecule has 0 aromatic heterocycles. The molecule has 2 aliphatic carbocycles. The highest BCUT2D eigenvalue weighted by Gasteiger charge is 2.32. The van der Waals surface area contributed by atoms with E-state index in [1.54, 1.807) is 6.07 Å². The van der Waals surface area contributed by atoms with Crippen LogP contribution >= 0.6 is 0 Å². The lowest BCUT2D eigenvalue weighted by atomic mass is 9.77. The van der Waals surface area contributed by atoms with Crippen molar-refractivity contribution in [2.75, 3.05) is 0 Å². The number of allylic oxidation sites excluding steroid dienone is 2. The second kappa shape index (κ2) is 12.1. The summed E-state index contributed by atoms with van der Waals surface area (Å²) in [5.41, 5.74) is 0.772. The number of hydrogen-bond donors (Lipinski definition) is 0. The van der Waals surface area contributed by atoms with Gasteiger partial charge in [0, 0.05) is 0 Å². The molecule has 0 bridgehead atoms. The van der Waals surface area contributed by atoms with Crippen molar-refractivity contribution in [2.24, 2.45) is 17.8 Å². The van der Waals surface area contributed by atoms with Crippen LogP contribution in [0.2, 0.25) is 0 Å². The summed E-state index contributed by atoms with van der Waals surface area (Å²) in [6.07, 6.45) is 16.0. The Morgan fingerprint density at radius 2 is 1.59 bits per heavy atom. The minimum absolute atomic E-state index is 0.206. The van der Waals surface area contributed by atoms with E-state index in [9.17, 15) is 17.6 Å². The first kappa shape index (κ1) is 25.1. The molecule has 2 aliphatic rings. The fraction of sp³-hybridized carbons (Fsp3) is 0.704. The molecule has 0 N–H and O–H groups in total. The van der Waals surface area contributed by atoms with Crippen molar-refractivity contribution in [1.29, 1.82) is 0 Å². The minimum atomic E-state index is -4.87. The molecular formula is C27H38F4O. The number of ether oxygens (including phenoxy) is 1. The van der Waals surface area contributed by atoms with Crippen LogP contribution in [0, 0.1) is 23.6 Å². The molecule has 32 heavy (non-hydrogen) atoms. The maximum Gasteiger partial charge on any atom is 0.573 e. The third-order valence-electron chi connectivity index (χ3n) is 7.51. The van der Waals surface area contributed by atoms with Gasteiger partial charge in [-0.3, -0.25) is 0 Å². The van der Waals surface area contributed by atoms with Gasteiger partial charge in [0.25, 0.3) is 0 Å². The zero-order chi connectivity index (χ0) is 23.0. The van der Waals surface area contributed by atoms with Gasteiger partial charge in [0.1, 0.15) is 0 Å². The Kier molecular flexibility index (Phi) is 9.48. The van der Waals surface area contributed by atoms with E-state index in [2.05, 4.69) is 23.8 Å². The van der Waals surface area contributed by atoms with Gasteiger partial charge in [0.15, 0.2) is 11.6 Å². The SMILES string of the molecule is CCCCC1CCC(CC/C=C/C2CCC(c3ccc(OC(F)(F)F)c(F)c3)CC2)CC1. The van der Waals surface area contributed by atoms with Gasteiger partial charge in [0.2, 0.25) is 0 Å². The molecule has 2 fully saturated rings. The van der Waals surface area contributed by atoms with E-state index in [0.717, 1.165) is 55.6 Å². The molecule has 0 heterocycles. The highest BCUT2D eigenvalue weighted by Crippen LogP contribution is 2.38. The fourth-order valence-electron chi connectivity index (χ4n) is 5.55. The molecule has 0 spiro atoms. The summed E-state index contributed by atoms with van der Waals surface area (Å²) in [5, 5.41) is 0. The van der Waals surface area contributed by atoms with Gasteiger partial charge in [-0.15, -0.1) is 13.2 Å². The maximum absolute atomic E-state index is 14.0. The van der Waals surface area contributed by atoms with Crippen molar-refractivity contribution < 1.29 is 22.3 Å². The van der Waals surface area contributed by atoms with Crippen LogP contribution in [-0.4, -0.2) is 6.36 Å².